The normalized spacial score (nSPS) is 51.2. The Morgan fingerprint density at radius 2 is 1.76 bits per heavy atom. The van der Waals surface area contributed by atoms with E-state index in [9.17, 15) is 29.6 Å². The average molecular weight is 469 g/mol. The fourth-order valence-corrected chi connectivity index (χ4v) is 9.73. The van der Waals surface area contributed by atoms with Crippen molar-refractivity contribution >= 4 is 5.97 Å². The zero-order valence-corrected chi connectivity index (χ0v) is 20.8. The molecule has 0 amide bonds. The van der Waals surface area contributed by atoms with Crippen molar-refractivity contribution in [3.63, 3.8) is 0 Å². The minimum Gasteiger partial charge on any atom is -0.481 e. The summed E-state index contributed by atoms with van der Waals surface area (Å²) in [6.45, 7) is 7.82. The van der Waals surface area contributed by atoms with Crippen molar-refractivity contribution < 1.29 is 29.6 Å². The van der Waals surface area contributed by atoms with Gasteiger partial charge in [-0.05, 0) is 97.2 Å². The Bertz CT molecular complexity index is 731. The van der Waals surface area contributed by atoms with Crippen LogP contribution in [0.15, 0.2) is 0 Å². The van der Waals surface area contributed by atoms with E-state index in [1.54, 1.807) is 0 Å². The van der Waals surface area contributed by atoms with Gasteiger partial charge in [0.15, 0.2) is 0 Å². The van der Waals surface area contributed by atoms with Crippen LogP contribution in [0.5, 0.6) is 0 Å². The van der Waals surface area contributed by atoms with Gasteiger partial charge in [0.1, 0.15) is 6.67 Å². The molecule has 4 fully saturated rings. The van der Waals surface area contributed by atoms with Gasteiger partial charge in [0.2, 0.25) is 0 Å². The zero-order chi connectivity index (χ0) is 24.3. The number of alkyl halides is 1. The fraction of sp³-hybridized carbons (Fsp3) is 0.963. The predicted octanol–water partition coefficient (Wildman–Crippen LogP) is 4.28. The summed E-state index contributed by atoms with van der Waals surface area (Å²) in [5.41, 5.74) is -0.380. The topological polar surface area (TPSA) is 98.0 Å². The monoisotopic (exact) mass is 468 g/mol. The van der Waals surface area contributed by atoms with Gasteiger partial charge >= 0.3 is 5.97 Å². The summed E-state index contributed by atoms with van der Waals surface area (Å²) in [5, 5.41) is 43.2. The minimum atomic E-state index is -1.08. The molecule has 0 aromatic rings. The molecule has 6 heteroatoms. The number of fused-ring (bicyclic) bond motifs is 5. The molecule has 4 saturated carbocycles. The van der Waals surface area contributed by atoms with Gasteiger partial charge in [0.05, 0.1) is 24.2 Å². The van der Waals surface area contributed by atoms with Crippen molar-refractivity contribution in [3.05, 3.63) is 0 Å². The van der Waals surface area contributed by atoms with Gasteiger partial charge in [0, 0.05) is 0 Å². The lowest BCUT2D eigenvalue weighted by Gasteiger charge is -2.65. The van der Waals surface area contributed by atoms with E-state index in [4.69, 9.17) is 0 Å². The number of carbonyl (C=O) groups is 1. The van der Waals surface area contributed by atoms with Crippen LogP contribution >= 0.6 is 0 Å². The molecule has 0 radical (unpaired) electrons. The Morgan fingerprint density at radius 3 is 2.36 bits per heavy atom. The summed E-state index contributed by atoms with van der Waals surface area (Å²) in [5.74, 6) is -0.991. The minimum absolute atomic E-state index is 0.00100. The maximum Gasteiger partial charge on any atom is 0.309 e. The number of rotatable bonds is 6. The third-order valence-corrected chi connectivity index (χ3v) is 11.4. The molecule has 190 valence electrons. The summed E-state index contributed by atoms with van der Waals surface area (Å²) in [6.07, 6.45) is 4.88. The number of halogens is 1. The Morgan fingerprint density at radius 1 is 1.06 bits per heavy atom. The molecule has 0 aromatic carbocycles. The van der Waals surface area contributed by atoms with Crippen LogP contribution in [0, 0.1) is 58.2 Å². The van der Waals surface area contributed by atoms with E-state index in [0.29, 0.717) is 6.42 Å². The second-order valence-electron chi connectivity index (χ2n) is 12.6. The average Bonchev–Trinajstić information content (AvgIpc) is 3.12. The molecule has 13 atom stereocenters. The predicted molar refractivity (Wildman–Crippen MR) is 124 cm³/mol. The van der Waals surface area contributed by atoms with E-state index < -0.39 is 36.2 Å². The van der Waals surface area contributed by atoms with E-state index in [1.165, 1.54) is 0 Å². The molecule has 0 saturated heterocycles. The molecule has 0 spiro atoms. The van der Waals surface area contributed by atoms with Crippen LogP contribution in [0.25, 0.3) is 0 Å². The largest absolute Gasteiger partial charge is 0.481 e. The Kier molecular flexibility index (Phi) is 6.96. The molecule has 5 unspecified atom stereocenters. The highest BCUT2D eigenvalue weighted by atomic mass is 19.1. The Balaban J connectivity index is 1.65. The van der Waals surface area contributed by atoms with Gasteiger partial charge < -0.3 is 20.4 Å². The van der Waals surface area contributed by atoms with Gasteiger partial charge in [0.25, 0.3) is 0 Å². The van der Waals surface area contributed by atoms with Gasteiger partial charge in [-0.25, -0.2) is 0 Å². The maximum atomic E-state index is 13.4. The number of carboxylic acid groups (broad SMARTS) is 1. The van der Waals surface area contributed by atoms with Crippen molar-refractivity contribution in [2.45, 2.75) is 97.4 Å². The number of hydrogen-bond donors (Lipinski definition) is 4. The molecule has 4 aliphatic carbocycles. The molecule has 0 bridgehead atoms. The van der Waals surface area contributed by atoms with Crippen molar-refractivity contribution in [3.8, 4) is 0 Å². The molecular weight excluding hydrogens is 423 g/mol. The van der Waals surface area contributed by atoms with Gasteiger partial charge in [-0.3, -0.25) is 9.18 Å². The first-order valence-electron chi connectivity index (χ1n) is 13.3. The number of hydrogen-bond acceptors (Lipinski definition) is 4. The lowest BCUT2D eigenvalue weighted by molar-refractivity contribution is -0.228. The second-order valence-corrected chi connectivity index (χ2v) is 12.6. The van der Waals surface area contributed by atoms with Crippen LogP contribution in [-0.4, -0.2) is 51.4 Å². The molecule has 0 aliphatic heterocycles. The maximum absolute atomic E-state index is 13.4. The number of carboxylic acids is 1. The highest BCUT2D eigenvalue weighted by molar-refractivity contribution is 5.70. The highest BCUT2D eigenvalue weighted by Crippen LogP contribution is 2.69. The Labute approximate surface area is 198 Å². The van der Waals surface area contributed by atoms with Gasteiger partial charge in [-0.2, -0.15) is 0 Å². The lowest BCUT2D eigenvalue weighted by atomic mass is 9.41. The van der Waals surface area contributed by atoms with Crippen LogP contribution in [0.3, 0.4) is 0 Å². The second kappa shape index (κ2) is 9.05. The van der Waals surface area contributed by atoms with Crippen molar-refractivity contribution in [2.24, 2.45) is 58.2 Å². The smallest absolute Gasteiger partial charge is 0.309 e. The van der Waals surface area contributed by atoms with E-state index >= 15 is 0 Å². The Hall–Kier alpha value is -0.720. The van der Waals surface area contributed by atoms with Crippen LogP contribution in [0.4, 0.5) is 4.39 Å². The summed E-state index contributed by atoms with van der Waals surface area (Å²) in [7, 11) is 0. The van der Waals surface area contributed by atoms with E-state index in [2.05, 4.69) is 20.8 Å². The van der Waals surface area contributed by atoms with Gasteiger partial charge in [-0.1, -0.05) is 34.1 Å². The van der Waals surface area contributed by atoms with Crippen molar-refractivity contribution in [1.29, 1.82) is 0 Å². The molecule has 4 rings (SSSR count). The van der Waals surface area contributed by atoms with E-state index in [-0.39, 0.29) is 59.4 Å². The summed E-state index contributed by atoms with van der Waals surface area (Å²) >= 11 is 0. The van der Waals surface area contributed by atoms with E-state index in [0.717, 1.165) is 38.5 Å². The molecular formula is C27H45FO5. The fourth-order valence-electron chi connectivity index (χ4n) is 9.73. The molecule has 4 N–H and O–H groups in total. The first kappa shape index (κ1) is 25.4. The van der Waals surface area contributed by atoms with Crippen molar-refractivity contribution in [2.75, 3.05) is 6.67 Å². The molecule has 5 nitrogen and oxygen atoms in total. The van der Waals surface area contributed by atoms with Gasteiger partial charge in [-0.15, -0.1) is 0 Å². The molecule has 4 aliphatic rings. The zero-order valence-electron chi connectivity index (χ0n) is 20.8. The van der Waals surface area contributed by atoms with E-state index in [1.807, 2.05) is 6.92 Å². The first-order valence-corrected chi connectivity index (χ1v) is 13.3. The molecule has 0 aromatic heterocycles. The molecule has 33 heavy (non-hydrogen) atoms. The van der Waals surface area contributed by atoms with Crippen molar-refractivity contribution in [1.82, 2.24) is 0 Å². The van der Waals surface area contributed by atoms with Crippen LogP contribution in [0.2, 0.25) is 0 Å². The third kappa shape index (κ3) is 3.78. The SMILES string of the molecule is CC[C@H]1[C@@H](O)C2C3CCC([C@H](C)CC(CF)C(=O)O)[C@@]3(C)[C@@H](O)CC2[C@@]2(C)CC[C@@H](O)C[C@@H]12. The number of aliphatic carboxylic acids is 1. The third-order valence-electron chi connectivity index (χ3n) is 11.4. The lowest BCUT2D eigenvalue weighted by Crippen LogP contribution is -2.65. The number of aliphatic hydroxyl groups excluding tert-OH is 3. The van der Waals surface area contributed by atoms with Crippen LogP contribution in [-0.2, 0) is 4.79 Å². The summed E-state index contributed by atoms with van der Waals surface area (Å²) in [6, 6.07) is 0. The highest BCUT2D eigenvalue weighted by Gasteiger charge is 2.67. The number of aliphatic hydroxyl groups is 3. The quantitative estimate of drug-likeness (QED) is 0.466. The summed E-state index contributed by atoms with van der Waals surface area (Å²) in [4.78, 5) is 11.5. The molecule has 0 heterocycles. The van der Waals surface area contributed by atoms with Crippen LogP contribution in [0.1, 0.15) is 79.1 Å². The first-order chi connectivity index (χ1) is 15.5. The van der Waals surface area contributed by atoms with Crippen LogP contribution < -0.4 is 0 Å². The summed E-state index contributed by atoms with van der Waals surface area (Å²) < 4.78 is 13.4. The standard InChI is InChI=1S/C27H45FO5/c1-5-17-20-11-16(29)8-9-26(20,3)21-12-22(30)27(4)18(6-7-19(27)23(21)24(17)31)14(2)10-15(13-28)25(32)33/h14-24,29-31H,5-13H2,1-4H3,(H,32,33)/t14-,15?,16-,17-,18?,19?,20+,21?,22+,23?,24-,26+,27-/m1/s1.